The molecule has 0 heterocycles. The minimum atomic E-state index is -0.760. The topological polar surface area (TPSA) is 49.3 Å². The number of hydrogen-bond donors (Lipinski definition) is 2. The minimum absolute atomic E-state index is 0.415. The van der Waals surface area contributed by atoms with Crippen LogP contribution >= 0.6 is 0 Å². The fourth-order valence-corrected chi connectivity index (χ4v) is 2.55. The van der Waals surface area contributed by atoms with Crippen molar-refractivity contribution in [2.75, 3.05) is 6.54 Å². The zero-order chi connectivity index (χ0) is 15.8. The number of carboxylic acids is 1. The third kappa shape index (κ3) is 15.6. The van der Waals surface area contributed by atoms with Crippen molar-refractivity contribution in [2.24, 2.45) is 0 Å². The molecule has 0 aliphatic rings. The van der Waals surface area contributed by atoms with E-state index in [1.165, 1.54) is 77.0 Å². The van der Waals surface area contributed by atoms with Gasteiger partial charge in [0.2, 0.25) is 0 Å². The molecule has 0 unspecified atom stereocenters. The molecule has 126 valence electrons. The Balaban J connectivity index is 3.04. The fraction of sp³-hybridized carbons (Fsp3) is 0.944. The van der Waals surface area contributed by atoms with E-state index in [-0.39, 0.29) is 0 Å². The van der Waals surface area contributed by atoms with Gasteiger partial charge in [0.1, 0.15) is 6.04 Å². The smallest absolute Gasteiger partial charge is 0.320 e. The van der Waals surface area contributed by atoms with E-state index in [4.69, 9.17) is 5.11 Å². The van der Waals surface area contributed by atoms with Gasteiger partial charge < -0.3 is 10.4 Å². The first-order valence-electron chi connectivity index (χ1n) is 9.14. The molecule has 0 rings (SSSR count). The van der Waals surface area contributed by atoms with Crippen molar-refractivity contribution >= 4 is 5.97 Å². The highest BCUT2D eigenvalue weighted by molar-refractivity contribution is 5.72. The van der Waals surface area contributed by atoms with Gasteiger partial charge in [-0.2, -0.15) is 0 Å². The number of nitrogens with one attached hydrogen (secondary N) is 1. The van der Waals surface area contributed by atoms with Gasteiger partial charge in [-0.3, -0.25) is 4.79 Å². The largest absolute Gasteiger partial charge is 0.480 e. The Hall–Kier alpha value is -0.570. The van der Waals surface area contributed by atoms with E-state index in [0.717, 1.165) is 13.0 Å². The molecule has 0 radical (unpaired) electrons. The van der Waals surface area contributed by atoms with Gasteiger partial charge in [0.15, 0.2) is 0 Å². The first-order valence-corrected chi connectivity index (χ1v) is 9.14. The van der Waals surface area contributed by atoms with Crippen LogP contribution in [0.2, 0.25) is 0 Å². The summed E-state index contributed by atoms with van der Waals surface area (Å²) in [6, 6.07) is -0.415. The van der Waals surface area contributed by atoms with Crippen LogP contribution in [0.5, 0.6) is 0 Å². The van der Waals surface area contributed by atoms with Gasteiger partial charge in [-0.25, -0.2) is 0 Å². The van der Waals surface area contributed by atoms with Crippen molar-refractivity contribution in [1.82, 2.24) is 5.32 Å². The van der Waals surface area contributed by atoms with Crippen LogP contribution in [-0.4, -0.2) is 23.7 Å². The molecule has 21 heavy (non-hydrogen) atoms. The predicted molar refractivity (Wildman–Crippen MR) is 90.8 cm³/mol. The Kier molecular flexibility index (Phi) is 15.4. The summed E-state index contributed by atoms with van der Waals surface area (Å²) in [6.07, 6.45) is 17.5. The normalized spacial score (nSPS) is 12.5. The Bertz CT molecular complexity index is 231. The van der Waals surface area contributed by atoms with Gasteiger partial charge in [0.05, 0.1) is 0 Å². The molecule has 0 spiro atoms. The van der Waals surface area contributed by atoms with Gasteiger partial charge in [0, 0.05) is 0 Å². The summed E-state index contributed by atoms with van der Waals surface area (Å²) in [6.45, 7) is 4.79. The van der Waals surface area contributed by atoms with Crippen LogP contribution in [-0.2, 0) is 4.79 Å². The van der Waals surface area contributed by atoms with Crippen molar-refractivity contribution in [3.05, 3.63) is 0 Å². The van der Waals surface area contributed by atoms with Crippen molar-refractivity contribution in [2.45, 2.75) is 103 Å². The Morgan fingerprint density at radius 3 is 1.57 bits per heavy atom. The third-order valence-corrected chi connectivity index (χ3v) is 4.10. The van der Waals surface area contributed by atoms with Gasteiger partial charge in [-0.15, -0.1) is 0 Å². The van der Waals surface area contributed by atoms with Gasteiger partial charge in [-0.1, -0.05) is 84.0 Å². The van der Waals surface area contributed by atoms with E-state index >= 15 is 0 Å². The maximum absolute atomic E-state index is 10.6. The van der Waals surface area contributed by atoms with E-state index < -0.39 is 12.0 Å². The Labute approximate surface area is 131 Å². The lowest BCUT2D eigenvalue weighted by Gasteiger charge is -2.08. The molecule has 0 aromatic heterocycles. The number of hydrogen-bond acceptors (Lipinski definition) is 2. The van der Waals surface area contributed by atoms with Crippen molar-refractivity contribution < 1.29 is 9.90 Å². The molecular formula is C18H37NO2. The molecule has 0 saturated carbocycles. The van der Waals surface area contributed by atoms with Gasteiger partial charge in [-0.05, 0) is 19.9 Å². The summed E-state index contributed by atoms with van der Waals surface area (Å²) in [4.78, 5) is 10.6. The summed E-state index contributed by atoms with van der Waals surface area (Å²) in [7, 11) is 0. The van der Waals surface area contributed by atoms with E-state index in [9.17, 15) is 4.79 Å². The Morgan fingerprint density at radius 2 is 1.19 bits per heavy atom. The minimum Gasteiger partial charge on any atom is -0.480 e. The second kappa shape index (κ2) is 15.8. The number of carboxylic acid groups (broad SMARTS) is 1. The summed E-state index contributed by atoms with van der Waals surface area (Å²) in [5, 5.41) is 11.7. The van der Waals surface area contributed by atoms with Crippen LogP contribution in [0.1, 0.15) is 97.3 Å². The van der Waals surface area contributed by atoms with E-state index in [1.807, 2.05) is 0 Å². The van der Waals surface area contributed by atoms with Crippen molar-refractivity contribution in [3.8, 4) is 0 Å². The van der Waals surface area contributed by atoms with Gasteiger partial charge in [0.25, 0.3) is 0 Å². The fourth-order valence-electron chi connectivity index (χ4n) is 2.55. The van der Waals surface area contributed by atoms with Crippen molar-refractivity contribution in [1.29, 1.82) is 0 Å². The molecule has 0 aliphatic carbocycles. The van der Waals surface area contributed by atoms with Crippen LogP contribution < -0.4 is 5.32 Å². The van der Waals surface area contributed by atoms with Crippen LogP contribution in [0.15, 0.2) is 0 Å². The lowest BCUT2D eigenvalue weighted by molar-refractivity contribution is -0.138. The van der Waals surface area contributed by atoms with E-state index in [0.29, 0.717) is 0 Å². The quantitative estimate of drug-likeness (QED) is 0.388. The van der Waals surface area contributed by atoms with Crippen LogP contribution in [0.3, 0.4) is 0 Å². The summed E-state index contributed by atoms with van der Waals surface area (Å²) in [5.41, 5.74) is 0. The van der Waals surface area contributed by atoms with E-state index in [2.05, 4.69) is 12.2 Å². The molecular weight excluding hydrogens is 262 g/mol. The Morgan fingerprint density at radius 1 is 0.810 bits per heavy atom. The number of aliphatic carboxylic acids is 1. The summed E-state index contributed by atoms with van der Waals surface area (Å²) < 4.78 is 0. The molecule has 2 N–H and O–H groups in total. The maximum Gasteiger partial charge on any atom is 0.320 e. The molecule has 0 saturated heterocycles. The zero-order valence-corrected chi connectivity index (χ0v) is 14.3. The van der Waals surface area contributed by atoms with Gasteiger partial charge >= 0.3 is 5.97 Å². The summed E-state index contributed by atoms with van der Waals surface area (Å²) >= 11 is 0. The molecule has 0 amide bonds. The highest BCUT2D eigenvalue weighted by Gasteiger charge is 2.07. The second-order valence-corrected chi connectivity index (χ2v) is 6.26. The summed E-state index contributed by atoms with van der Waals surface area (Å²) in [5.74, 6) is -0.760. The predicted octanol–water partition coefficient (Wildman–Crippen LogP) is 5.14. The molecule has 0 aliphatic heterocycles. The monoisotopic (exact) mass is 299 g/mol. The highest BCUT2D eigenvalue weighted by Crippen LogP contribution is 2.12. The first-order chi connectivity index (χ1) is 10.2. The lowest BCUT2D eigenvalue weighted by Crippen LogP contribution is -2.34. The molecule has 0 bridgehead atoms. The standard InChI is InChI=1S/C18H37NO2/c1-3-4-5-6-7-8-9-10-11-12-13-14-15-16-19-17(2)18(20)21/h17,19H,3-16H2,1-2H3,(H,20,21)/t17-/m0/s1. The van der Waals surface area contributed by atoms with Crippen molar-refractivity contribution in [3.63, 3.8) is 0 Å². The maximum atomic E-state index is 10.6. The molecule has 3 nitrogen and oxygen atoms in total. The number of rotatable bonds is 16. The first kappa shape index (κ1) is 20.4. The van der Waals surface area contributed by atoms with Crippen LogP contribution in [0.4, 0.5) is 0 Å². The highest BCUT2D eigenvalue weighted by atomic mass is 16.4. The molecule has 1 atom stereocenters. The molecule has 0 aromatic rings. The SMILES string of the molecule is CCCCCCCCCCCCCCCN[C@@H](C)C(=O)O. The lowest BCUT2D eigenvalue weighted by atomic mass is 10.0. The van der Waals surface area contributed by atoms with Crippen LogP contribution in [0, 0.1) is 0 Å². The zero-order valence-electron chi connectivity index (χ0n) is 14.3. The molecule has 3 heteroatoms. The second-order valence-electron chi connectivity index (χ2n) is 6.26. The molecule has 0 fully saturated rings. The third-order valence-electron chi connectivity index (χ3n) is 4.10. The number of unbranched alkanes of at least 4 members (excludes halogenated alkanes) is 12. The van der Waals surface area contributed by atoms with Crippen LogP contribution in [0.25, 0.3) is 0 Å². The average molecular weight is 299 g/mol. The molecule has 0 aromatic carbocycles. The van der Waals surface area contributed by atoms with E-state index in [1.54, 1.807) is 6.92 Å². The number of carbonyl (C=O) groups is 1. The average Bonchev–Trinajstić information content (AvgIpc) is 2.47.